The summed E-state index contributed by atoms with van der Waals surface area (Å²) in [5.74, 6) is -0.906. The Bertz CT molecular complexity index is 1510. The van der Waals surface area contributed by atoms with Crippen molar-refractivity contribution >= 4 is 55.9 Å². The number of fused-ring (bicyclic) bond motifs is 1. The van der Waals surface area contributed by atoms with Crippen LogP contribution >= 0.6 is 27.5 Å². The number of likely N-dealkylation sites (tertiary alicyclic amines) is 1. The minimum absolute atomic E-state index is 0.0241. The fraction of sp³-hybridized carbons (Fsp3) is 0.143. The van der Waals surface area contributed by atoms with Crippen molar-refractivity contribution in [2.45, 2.75) is 12.5 Å². The minimum Gasteiger partial charge on any atom is -0.507 e. The number of ketones is 1. The molecule has 0 saturated carbocycles. The number of nitrogens with one attached hydrogen (secondary N) is 1. The molecule has 0 radical (unpaired) electrons. The van der Waals surface area contributed by atoms with E-state index < -0.39 is 17.7 Å². The molecule has 4 aromatic rings. The first-order valence-electron chi connectivity index (χ1n) is 11.3. The van der Waals surface area contributed by atoms with Gasteiger partial charge in [0.15, 0.2) is 0 Å². The van der Waals surface area contributed by atoms with Crippen LogP contribution in [0.1, 0.15) is 22.7 Å². The molecule has 3 aromatic carbocycles. The number of carbonyl (C=O) groups excluding carboxylic acids is 2. The Morgan fingerprint density at radius 1 is 1.11 bits per heavy atom. The normalized spacial score (nSPS) is 17.2. The summed E-state index contributed by atoms with van der Waals surface area (Å²) in [6.45, 7) is 0.252. The van der Waals surface area contributed by atoms with E-state index in [2.05, 4.69) is 20.9 Å². The van der Waals surface area contributed by atoms with Gasteiger partial charge >= 0.3 is 0 Å². The molecule has 2 N–H and O–H groups in total. The van der Waals surface area contributed by atoms with E-state index in [-0.39, 0.29) is 17.9 Å². The summed E-state index contributed by atoms with van der Waals surface area (Å²) in [5.41, 5.74) is 2.98. The van der Waals surface area contributed by atoms with E-state index in [1.54, 1.807) is 55.6 Å². The summed E-state index contributed by atoms with van der Waals surface area (Å²) in [6, 6.07) is 18.9. The van der Waals surface area contributed by atoms with Crippen LogP contribution in [0.15, 0.2) is 83.0 Å². The van der Waals surface area contributed by atoms with Gasteiger partial charge in [0, 0.05) is 38.7 Å². The smallest absolute Gasteiger partial charge is 0.295 e. The Morgan fingerprint density at radius 2 is 1.86 bits per heavy atom. The lowest BCUT2D eigenvalue weighted by molar-refractivity contribution is -0.139. The highest BCUT2D eigenvalue weighted by Crippen LogP contribution is 2.42. The van der Waals surface area contributed by atoms with Crippen LogP contribution in [0.25, 0.3) is 16.7 Å². The van der Waals surface area contributed by atoms with E-state index >= 15 is 0 Å². The van der Waals surface area contributed by atoms with Gasteiger partial charge in [-0.2, -0.15) is 0 Å². The second kappa shape index (κ2) is 9.84. The third-order valence-corrected chi connectivity index (χ3v) is 7.33. The predicted molar refractivity (Wildman–Crippen MR) is 143 cm³/mol. The Labute approximate surface area is 221 Å². The highest BCUT2D eigenvalue weighted by atomic mass is 79.9. The Hall–Kier alpha value is -3.55. The number of aliphatic hydroxyl groups is 1. The highest BCUT2D eigenvalue weighted by Gasteiger charge is 2.46. The minimum atomic E-state index is -0.818. The zero-order chi connectivity index (χ0) is 25.4. The molecular formula is C28H22BrClN2O4. The zero-order valence-corrected chi connectivity index (χ0v) is 21.6. The van der Waals surface area contributed by atoms with E-state index in [9.17, 15) is 14.7 Å². The molecule has 1 amide bonds. The summed E-state index contributed by atoms with van der Waals surface area (Å²) in [7, 11) is 1.61. The first-order chi connectivity index (χ1) is 17.4. The lowest BCUT2D eigenvalue weighted by Crippen LogP contribution is -2.31. The number of aromatic nitrogens is 1. The van der Waals surface area contributed by atoms with Gasteiger partial charge in [-0.15, -0.1) is 0 Å². The molecule has 0 aliphatic carbocycles. The average Bonchev–Trinajstić information content (AvgIpc) is 3.40. The fourth-order valence-corrected chi connectivity index (χ4v) is 5.13. The maximum absolute atomic E-state index is 13.3. The number of benzene rings is 3. The average molecular weight is 566 g/mol. The monoisotopic (exact) mass is 564 g/mol. The third kappa shape index (κ3) is 4.29. The molecule has 1 atom stereocenters. The molecule has 1 aliphatic rings. The Morgan fingerprint density at radius 3 is 2.58 bits per heavy atom. The van der Waals surface area contributed by atoms with Crippen LogP contribution in [0.2, 0.25) is 5.02 Å². The van der Waals surface area contributed by atoms with Crippen molar-refractivity contribution in [2.24, 2.45) is 0 Å². The molecule has 0 unspecified atom stereocenters. The standard InChI is InChI=1S/C28H22BrClN2O4/c1-36-19-10-11-23-21(14-19)17(15-31-23)12-13-32-25(20-4-2-3-5-22(20)30)24(27(34)28(32)35)26(33)16-6-8-18(29)9-7-16/h2-11,14-15,25,31,33H,12-13H2,1H3/t25-/m1/s1. The SMILES string of the molecule is COc1ccc2[nH]cc(CCN3C(=O)C(=O)C(=C(O)c4ccc(Br)cc4)[C@H]3c3ccccc3Cl)c2c1. The van der Waals surface area contributed by atoms with Crippen LogP contribution in [0.3, 0.4) is 0 Å². The van der Waals surface area contributed by atoms with Crippen LogP contribution in [-0.2, 0) is 16.0 Å². The molecule has 5 rings (SSSR count). The van der Waals surface area contributed by atoms with Gasteiger partial charge in [0.05, 0.1) is 18.7 Å². The molecule has 8 heteroatoms. The second-order valence-electron chi connectivity index (χ2n) is 8.50. The number of methoxy groups -OCH3 is 1. The fourth-order valence-electron chi connectivity index (χ4n) is 4.63. The summed E-state index contributed by atoms with van der Waals surface area (Å²) in [4.78, 5) is 31.3. The van der Waals surface area contributed by atoms with Crippen molar-refractivity contribution in [1.82, 2.24) is 9.88 Å². The largest absolute Gasteiger partial charge is 0.507 e. The number of ether oxygens (including phenoxy) is 1. The summed E-state index contributed by atoms with van der Waals surface area (Å²) in [5, 5.41) is 12.6. The molecule has 36 heavy (non-hydrogen) atoms. The van der Waals surface area contributed by atoms with Crippen LogP contribution in [0.4, 0.5) is 0 Å². The number of halogens is 2. The van der Waals surface area contributed by atoms with Gasteiger partial charge in [0.25, 0.3) is 11.7 Å². The number of rotatable bonds is 6. The van der Waals surface area contributed by atoms with Gasteiger partial charge in [-0.05, 0) is 53.9 Å². The summed E-state index contributed by atoms with van der Waals surface area (Å²) >= 11 is 9.91. The summed E-state index contributed by atoms with van der Waals surface area (Å²) in [6.07, 6.45) is 2.38. The predicted octanol–water partition coefficient (Wildman–Crippen LogP) is 6.26. The van der Waals surface area contributed by atoms with Gasteiger partial charge in [0.1, 0.15) is 11.5 Å². The first-order valence-corrected chi connectivity index (χ1v) is 12.5. The molecule has 0 bridgehead atoms. The maximum Gasteiger partial charge on any atom is 0.295 e. The number of Topliss-reactive ketones (excluding diaryl/α,β-unsaturated/α-hetero) is 1. The van der Waals surface area contributed by atoms with Crippen molar-refractivity contribution in [2.75, 3.05) is 13.7 Å². The molecule has 1 fully saturated rings. The van der Waals surface area contributed by atoms with Gasteiger partial charge < -0.3 is 19.7 Å². The maximum atomic E-state index is 13.3. The lowest BCUT2D eigenvalue weighted by Gasteiger charge is -2.26. The number of nitrogens with zero attached hydrogens (tertiary/aromatic N) is 1. The van der Waals surface area contributed by atoms with E-state index in [1.807, 2.05) is 24.4 Å². The van der Waals surface area contributed by atoms with Crippen molar-refractivity contribution in [3.8, 4) is 5.75 Å². The quantitative estimate of drug-likeness (QED) is 0.164. The molecule has 1 saturated heterocycles. The Balaban J connectivity index is 1.56. The van der Waals surface area contributed by atoms with Crippen LogP contribution < -0.4 is 4.74 Å². The van der Waals surface area contributed by atoms with Crippen molar-refractivity contribution in [3.05, 3.63) is 105 Å². The third-order valence-electron chi connectivity index (χ3n) is 6.45. The van der Waals surface area contributed by atoms with Gasteiger partial charge in [-0.1, -0.05) is 57.9 Å². The van der Waals surface area contributed by atoms with Crippen molar-refractivity contribution < 1.29 is 19.4 Å². The highest BCUT2D eigenvalue weighted by molar-refractivity contribution is 9.10. The van der Waals surface area contributed by atoms with Crippen molar-refractivity contribution in [1.29, 1.82) is 0 Å². The molecule has 0 spiro atoms. The van der Waals surface area contributed by atoms with Gasteiger partial charge in [-0.3, -0.25) is 9.59 Å². The summed E-state index contributed by atoms with van der Waals surface area (Å²) < 4.78 is 6.19. The molecule has 1 aromatic heterocycles. The number of carbonyl (C=O) groups is 2. The number of aromatic amines is 1. The number of H-pyrrole nitrogens is 1. The van der Waals surface area contributed by atoms with E-state index in [1.165, 1.54) is 4.90 Å². The molecule has 2 heterocycles. The zero-order valence-electron chi connectivity index (χ0n) is 19.3. The van der Waals surface area contributed by atoms with E-state index in [4.69, 9.17) is 16.3 Å². The number of hydrogen-bond donors (Lipinski definition) is 2. The van der Waals surface area contributed by atoms with Crippen LogP contribution in [0, 0.1) is 0 Å². The van der Waals surface area contributed by atoms with Crippen LogP contribution in [0.5, 0.6) is 5.75 Å². The number of aliphatic hydroxyl groups excluding tert-OH is 1. The van der Waals surface area contributed by atoms with Gasteiger partial charge in [0.2, 0.25) is 0 Å². The first kappa shape index (κ1) is 24.2. The molecule has 1 aliphatic heterocycles. The molecule has 6 nitrogen and oxygen atoms in total. The number of amides is 1. The van der Waals surface area contributed by atoms with Crippen LogP contribution in [-0.4, -0.2) is 40.3 Å². The lowest BCUT2D eigenvalue weighted by atomic mass is 9.95. The topological polar surface area (TPSA) is 82.6 Å². The van der Waals surface area contributed by atoms with E-state index in [0.717, 1.165) is 26.7 Å². The Kier molecular flexibility index (Phi) is 6.60. The molecular weight excluding hydrogens is 544 g/mol. The van der Waals surface area contributed by atoms with Gasteiger partial charge in [-0.25, -0.2) is 0 Å². The molecule has 182 valence electrons. The van der Waals surface area contributed by atoms with Crippen molar-refractivity contribution in [3.63, 3.8) is 0 Å². The number of hydrogen-bond acceptors (Lipinski definition) is 4. The van der Waals surface area contributed by atoms with E-state index in [0.29, 0.717) is 22.6 Å². The second-order valence-corrected chi connectivity index (χ2v) is 9.82.